The SMILES string of the molecule is CCO[C@@H]1C[C@@H](NC(=O)c2ccc(C(=O)O)nc2)C12CCC2. The van der Waals surface area contributed by atoms with E-state index in [1.807, 2.05) is 6.92 Å². The zero-order valence-electron chi connectivity index (χ0n) is 12.5. The number of pyridine rings is 1. The molecule has 1 spiro atoms. The summed E-state index contributed by atoms with van der Waals surface area (Å²) in [5.74, 6) is -1.30. The molecule has 1 amide bonds. The molecule has 2 saturated carbocycles. The number of hydrogen-bond acceptors (Lipinski definition) is 4. The van der Waals surface area contributed by atoms with Gasteiger partial charge in [0.25, 0.3) is 5.91 Å². The van der Waals surface area contributed by atoms with E-state index in [1.165, 1.54) is 24.8 Å². The van der Waals surface area contributed by atoms with Crippen LogP contribution in [0.25, 0.3) is 0 Å². The zero-order valence-corrected chi connectivity index (χ0v) is 12.5. The molecular formula is C16H20N2O4. The van der Waals surface area contributed by atoms with Crippen LogP contribution in [0.5, 0.6) is 0 Å². The first-order valence-electron chi connectivity index (χ1n) is 7.68. The number of carboxylic acid groups (broad SMARTS) is 1. The number of carboxylic acids is 1. The molecule has 6 nitrogen and oxygen atoms in total. The lowest BCUT2D eigenvalue weighted by Gasteiger charge is -2.61. The lowest BCUT2D eigenvalue weighted by molar-refractivity contribution is -0.169. The van der Waals surface area contributed by atoms with Gasteiger partial charge in [-0.1, -0.05) is 6.42 Å². The van der Waals surface area contributed by atoms with Crippen LogP contribution in [-0.4, -0.2) is 40.7 Å². The molecule has 0 radical (unpaired) electrons. The van der Waals surface area contributed by atoms with Crippen molar-refractivity contribution in [1.29, 1.82) is 0 Å². The third-order valence-corrected chi connectivity index (χ3v) is 4.99. The van der Waals surface area contributed by atoms with Gasteiger partial charge in [-0.05, 0) is 38.3 Å². The highest BCUT2D eigenvalue weighted by molar-refractivity contribution is 5.95. The first-order valence-corrected chi connectivity index (χ1v) is 7.68. The topological polar surface area (TPSA) is 88.5 Å². The maximum atomic E-state index is 12.3. The third-order valence-electron chi connectivity index (χ3n) is 4.99. The second kappa shape index (κ2) is 5.68. The number of ether oxygens (including phenoxy) is 1. The van der Waals surface area contributed by atoms with Crippen molar-refractivity contribution in [2.45, 2.75) is 44.8 Å². The molecule has 2 aliphatic rings. The normalized spacial score (nSPS) is 25.1. The third kappa shape index (κ3) is 2.37. The summed E-state index contributed by atoms with van der Waals surface area (Å²) in [5.41, 5.74) is 0.437. The molecule has 22 heavy (non-hydrogen) atoms. The van der Waals surface area contributed by atoms with Crippen molar-refractivity contribution < 1.29 is 19.4 Å². The summed E-state index contributed by atoms with van der Waals surface area (Å²) in [6.45, 7) is 2.70. The van der Waals surface area contributed by atoms with Gasteiger partial charge < -0.3 is 15.2 Å². The number of hydrogen-bond donors (Lipinski definition) is 2. The largest absolute Gasteiger partial charge is 0.477 e. The Morgan fingerprint density at radius 3 is 2.73 bits per heavy atom. The Morgan fingerprint density at radius 2 is 2.23 bits per heavy atom. The highest BCUT2D eigenvalue weighted by atomic mass is 16.5. The number of rotatable bonds is 5. The molecule has 2 atom stereocenters. The van der Waals surface area contributed by atoms with Gasteiger partial charge in [0, 0.05) is 24.3 Å². The lowest BCUT2D eigenvalue weighted by atomic mass is 9.51. The molecule has 6 heteroatoms. The minimum absolute atomic E-state index is 0.0629. The van der Waals surface area contributed by atoms with E-state index in [0.29, 0.717) is 12.2 Å². The van der Waals surface area contributed by atoms with E-state index < -0.39 is 5.97 Å². The van der Waals surface area contributed by atoms with Gasteiger partial charge in [0.15, 0.2) is 0 Å². The monoisotopic (exact) mass is 304 g/mol. The molecule has 1 aromatic heterocycles. The molecule has 0 aliphatic heterocycles. The standard InChI is InChI=1S/C16H20N2O4/c1-2-22-13-8-12(16(13)6-3-7-16)18-14(19)10-4-5-11(15(20)21)17-9-10/h4-5,9,12-13H,2-3,6-8H2,1H3,(H,18,19)(H,20,21)/t12-,13-/m1/s1. The van der Waals surface area contributed by atoms with Crippen LogP contribution in [0.15, 0.2) is 18.3 Å². The Kier molecular flexibility index (Phi) is 3.87. The van der Waals surface area contributed by atoms with E-state index in [0.717, 1.165) is 19.3 Å². The molecule has 0 saturated heterocycles. The zero-order chi connectivity index (χ0) is 15.7. The van der Waals surface area contributed by atoms with Gasteiger partial charge in [0.05, 0.1) is 11.7 Å². The van der Waals surface area contributed by atoms with Crippen LogP contribution in [0.2, 0.25) is 0 Å². The molecule has 0 aromatic carbocycles. The second-order valence-electron chi connectivity index (χ2n) is 6.03. The number of aromatic carboxylic acids is 1. The van der Waals surface area contributed by atoms with E-state index in [2.05, 4.69) is 10.3 Å². The fourth-order valence-electron chi connectivity index (χ4n) is 3.54. The van der Waals surface area contributed by atoms with Crippen LogP contribution in [0.3, 0.4) is 0 Å². The van der Waals surface area contributed by atoms with Crippen molar-refractivity contribution >= 4 is 11.9 Å². The first-order chi connectivity index (χ1) is 10.6. The Balaban J connectivity index is 1.64. The predicted octanol–water partition coefficient (Wildman–Crippen LogP) is 1.86. The Labute approximate surface area is 128 Å². The lowest BCUT2D eigenvalue weighted by Crippen LogP contribution is -2.67. The van der Waals surface area contributed by atoms with Crippen molar-refractivity contribution in [3.63, 3.8) is 0 Å². The van der Waals surface area contributed by atoms with Gasteiger partial charge in [0.1, 0.15) is 5.69 Å². The van der Waals surface area contributed by atoms with Crippen LogP contribution >= 0.6 is 0 Å². The maximum absolute atomic E-state index is 12.3. The number of amides is 1. The summed E-state index contributed by atoms with van der Waals surface area (Å²) in [7, 11) is 0. The highest BCUT2D eigenvalue weighted by Crippen LogP contribution is 2.57. The number of nitrogens with zero attached hydrogens (tertiary/aromatic N) is 1. The Hall–Kier alpha value is -1.95. The van der Waals surface area contributed by atoms with Crippen molar-refractivity contribution in [2.24, 2.45) is 5.41 Å². The molecule has 3 rings (SSSR count). The van der Waals surface area contributed by atoms with E-state index in [1.54, 1.807) is 0 Å². The molecule has 0 unspecified atom stereocenters. The van der Waals surface area contributed by atoms with Gasteiger partial charge in [-0.3, -0.25) is 4.79 Å². The summed E-state index contributed by atoms with van der Waals surface area (Å²) in [6.07, 6.45) is 5.79. The van der Waals surface area contributed by atoms with E-state index in [9.17, 15) is 9.59 Å². The van der Waals surface area contributed by atoms with Crippen molar-refractivity contribution in [1.82, 2.24) is 10.3 Å². The predicted molar refractivity (Wildman–Crippen MR) is 78.8 cm³/mol. The smallest absolute Gasteiger partial charge is 0.354 e. The molecular weight excluding hydrogens is 284 g/mol. The molecule has 2 aliphatic carbocycles. The fourth-order valence-corrected chi connectivity index (χ4v) is 3.54. The first kappa shape index (κ1) is 15.0. The second-order valence-corrected chi connectivity index (χ2v) is 6.03. The van der Waals surface area contributed by atoms with Crippen LogP contribution < -0.4 is 5.32 Å². The highest BCUT2D eigenvalue weighted by Gasteiger charge is 2.59. The molecule has 1 aromatic rings. The van der Waals surface area contributed by atoms with E-state index >= 15 is 0 Å². The average Bonchev–Trinajstić information content (AvgIpc) is 2.44. The van der Waals surface area contributed by atoms with Gasteiger partial charge in [0.2, 0.25) is 0 Å². The molecule has 1 heterocycles. The summed E-state index contributed by atoms with van der Waals surface area (Å²) >= 11 is 0. The summed E-state index contributed by atoms with van der Waals surface area (Å²) < 4.78 is 5.77. The maximum Gasteiger partial charge on any atom is 0.354 e. The minimum Gasteiger partial charge on any atom is -0.477 e. The number of carbonyl (C=O) groups excluding carboxylic acids is 1. The number of aromatic nitrogens is 1. The van der Waals surface area contributed by atoms with Gasteiger partial charge in [-0.25, -0.2) is 9.78 Å². The Morgan fingerprint density at radius 1 is 1.45 bits per heavy atom. The van der Waals surface area contributed by atoms with Crippen molar-refractivity contribution in [3.8, 4) is 0 Å². The summed E-state index contributed by atoms with van der Waals surface area (Å²) in [6, 6.07) is 2.99. The summed E-state index contributed by atoms with van der Waals surface area (Å²) in [5, 5.41) is 11.9. The van der Waals surface area contributed by atoms with Gasteiger partial charge in [-0.15, -0.1) is 0 Å². The fraction of sp³-hybridized carbons (Fsp3) is 0.562. The molecule has 0 bridgehead atoms. The van der Waals surface area contributed by atoms with Crippen molar-refractivity contribution in [2.75, 3.05) is 6.61 Å². The Bertz CT molecular complexity index is 580. The van der Waals surface area contributed by atoms with E-state index in [4.69, 9.17) is 9.84 Å². The van der Waals surface area contributed by atoms with Crippen LogP contribution in [0.4, 0.5) is 0 Å². The number of carbonyl (C=O) groups is 2. The van der Waals surface area contributed by atoms with E-state index in [-0.39, 0.29) is 29.2 Å². The van der Waals surface area contributed by atoms with Crippen LogP contribution in [-0.2, 0) is 4.74 Å². The molecule has 2 fully saturated rings. The number of nitrogens with one attached hydrogen (secondary N) is 1. The molecule has 118 valence electrons. The quantitative estimate of drug-likeness (QED) is 0.866. The van der Waals surface area contributed by atoms with Crippen LogP contribution in [0.1, 0.15) is 53.5 Å². The van der Waals surface area contributed by atoms with Crippen LogP contribution in [0, 0.1) is 5.41 Å². The van der Waals surface area contributed by atoms with Gasteiger partial charge >= 0.3 is 5.97 Å². The van der Waals surface area contributed by atoms with Gasteiger partial charge in [-0.2, -0.15) is 0 Å². The minimum atomic E-state index is -1.10. The molecule has 2 N–H and O–H groups in total. The summed E-state index contributed by atoms with van der Waals surface area (Å²) in [4.78, 5) is 26.8. The van der Waals surface area contributed by atoms with Crippen molar-refractivity contribution in [3.05, 3.63) is 29.6 Å². The average molecular weight is 304 g/mol.